The second-order valence-corrected chi connectivity index (χ2v) is 6.58. The first-order valence-electron chi connectivity index (χ1n) is 8.99. The third-order valence-electron chi connectivity index (χ3n) is 4.67. The number of nitrogens with zero attached hydrogens (tertiary/aromatic N) is 6. The highest BCUT2D eigenvalue weighted by atomic mass is 19.4. The molecule has 6 nitrogen and oxygen atoms in total. The fourth-order valence-electron chi connectivity index (χ4n) is 3.19. The summed E-state index contributed by atoms with van der Waals surface area (Å²) in [4.78, 5) is 4.28. The molecule has 0 saturated carbocycles. The average molecular weight is 388 g/mol. The van der Waals surface area contributed by atoms with Gasteiger partial charge in [0, 0.05) is 32.7 Å². The fourth-order valence-corrected chi connectivity index (χ4v) is 3.19. The van der Waals surface area contributed by atoms with Crippen molar-refractivity contribution in [3.8, 4) is 0 Å². The van der Waals surface area contributed by atoms with Crippen molar-refractivity contribution < 1.29 is 13.2 Å². The van der Waals surface area contributed by atoms with Gasteiger partial charge < -0.3 is 4.90 Å². The number of fused-ring (bicyclic) bond motifs is 1. The summed E-state index contributed by atoms with van der Waals surface area (Å²) in [5, 5.41) is 10.9. The van der Waals surface area contributed by atoms with Crippen molar-refractivity contribution in [1.29, 1.82) is 0 Å². The zero-order valence-electron chi connectivity index (χ0n) is 15.0. The van der Waals surface area contributed by atoms with Gasteiger partial charge in [0.25, 0.3) is 5.82 Å². The van der Waals surface area contributed by atoms with E-state index in [-0.39, 0.29) is 5.65 Å². The summed E-state index contributed by atoms with van der Waals surface area (Å²) in [6.45, 7) is 3.85. The standard InChI is InChI=1S/C19H19F3N6/c20-19(21,22)18-24-23-16-8-9-17(25-28(16)18)27-13-11-26(12-14-27)10-4-7-15-5-2-1-3-6-15/h1-9H,10-14H2/b7-4+. The number of hydrogen-bond donors (Lipinski definition) is 0. The first kappa shape index (κ1) is 18.4. The summed E-state index contributed by atoms with van der Waals surface area (Å²) in [5.74, 6) is -0.605. The number of aromatic nitrogens is 4. The smallest absolute Gasteiger partial charge is 0.353 e. The monoisotopic (exact) mass is 388 g/mol. The first-order valence-corrected chi connectivity index (χ1v) is 8.99. The molecule has 1 fully saturated rings. The van der Waals surface area contributed by atoms with Crippen LogP contribution in [0.2, 0.25) is 0 Å². The third-order valence-corrected chi connectivity index (χ3v) is 4.67. The molecule has 0 atom stereocenters. The first-order chi connectivity index (χ1) is 13.5. The van der Waals surface area contributed by atoms with E-state index in [1.165, 1.54) is 6.07 Å². The lowest BCUT2D eigenvalue weighted by molar-refractivity contribution is -0.146. The van der Waals surface area contributed by atoms with Gasteiger partial charge in [0.1, 0.15) is 5.82 Å². The Bertz CT molecular complexity index is 959. The van der Waals surface area contributed by atoms with Crippen LogP contribution in [-0.4, -0.2) is 57.4 Å². The van der Waals surface area contributed by atoms with Gasteiger partial charge in [-0.15, -0.1) is 15.3 Å². The molecule has 28 heavy (non-hydrogen) atoms. The zero-order valence-corrected chi connectivity index (χ0v) is 15.0. The second-order valence-electron chi connectivity index (χ2n) is 6.58. The predicted molar refractivity (Wildman–Crippen MR) is 99.9 cm³/mol. The van der Waals surface area contributed by atoms with Crippen LogP contribution in [0.4, 0.5) is 19.0 Å². The van der Waals surface area contributed by atoms with Crippen LogP contribution in [0.5, 0.6) is 0 Å². The highest BCUT2D eigenvalue weighted by molar-refractivity contribution is 5.49. The molecule has 1 saturated heterocycles. The van der Waals surface area contributed by atoms with Gasteiger partial charge in [0.05, 0.1) is 0 Å². The maximum Gasteiger partial charge on any atom is 0.453 e. The van der Waals surface area contributed by atoms with Gasteiger partial charge >= 0.3 is 6.18 Å². The Morgan fingerprint density at radius 1 is 0.929 bits per heavy atom. The van der Waals surface area contributed by atoms with Crippen LogP contribution in [0.25, 0.3) is 11.7 Å². The Morgan fingerprint density at radius 2 is 1.68 bits per heavy atom. The van der Waals surface area contributed by atoms with Crippen molar-refractivity contribution in [1.82, 2.24) is 24.7 Å². The van der Waals surface area contributed by atoms with E-state index >= 15 is 0 Å². The number of halogens is 3. The predicted octanol–water partition coefficient (Wildman–Crippen LogP) is 2.98. The van der Waals surface area contributed by atoms with Gasteiger partial charge in [-0.05, 0) is 17.7 Å². The van der Waals surface area contributed by atoms with E-state index in [2.05, 4.69) is 44.5 Å². The highest BCUT2D eigenvalue weighted by Crippen LogP contribution is 2.28. The van der Waals surface area contributed by atoms with Gasteiger partial charge in [-0.1, -0.05) is 42.5 Å². The van der Waals surface area contributed by atoms with Crippen LogP contribution in [0.15, 0.2) is 48.5 Å². The Balaban J connectivity index is 1.39. The van der Waals surface area contributed by atoms with Crippen LogP contribution in [0, 0.1) is 0 Å². The van der Waals surface area contributed by atoms with Crippen LogP contribution >= 0.6 is 0 Å². The second kappa shape index (κ2) is 7.59. The minimum Gasteiger partial charge on any atom is -0.353 e. The van der Waals surface area contributed by atoms with E-state index in [0.29, 0.717) is 18.9 Å². The molecule has 0 aliphatic carbocycles. The molecule has 0 radical (unpaired) electrons. The summed E-state index contributed by atoms with van der Waals surface area (Å²) in [5.41, 5.74) is 1.24. The van der Waals surface area contributed by atoms with E-state index in [1.54, 1.807) is 6.07 Å². The maximum atomic E-state index is 13.0. The van der Waals surface area contributed by atoms with E-state index in [0.717, 1.165) is 29.7 Å². The highest BCUT2D eigenvalue weighted by Gasteiger charge is 2.37. The lowest BCUT2D eigenvalue weighted by atomic mass is 10.2. The van der Waals surface area contributed by atoms with Crippen LogP contribution in [0.3, 0.4) is 0 Å². The fraction of sp³-hybridized carbons (Fsp3) is 0.316. The van der Waals surface area contributed by atoms with Gasteiger partial charge in [-0.25, -0.2) is 0 Å². The Labute approximate surface area is 159 Å². The third kappa shape index (κ3) is 3.99. The number of alkyl halides is 3. The van der Waals surface area contributed by atoms with Crippen LogP contribution in [-0.2, 0) is 6.18 Å². The molecule has 0 spiro atoms. The van der Waals surface area contributed by atoms with Crippen molar-refractivity contribution in [2.24, 2.45) is 0 Å². The molecule has 0 unspecified atom stereocenters. The molecule has 3 heterocycles. The molecule has 1 aliphatic rings. The normalized spacial score (nSPS) is 16.3. The summed E-state index contributed by atoms with van der Waals surface area (Å²) in [6, 6.07) is 13.3. The minimum absolute atomic E-state index is 0.0840. The molecular weight excluding hydrogens is 369 g/mol. The number of rotatable bonds is 4. The van der Waals surface area contributed by atoms with Gasteiger partial charge in [0.15, 0.2) is 5.65 Å². The Morgan fingerprint density at radius 3 is 2.39 bits per heavy atom. The van der Waals surface area contributed by atoms with Crippen LogP contribution in [0.1, 0.15) is 11.4 Å². The van der Waals surface area contributed by atoms with Gasteiger partial charge in [0.2, 0.25) is 0 Å². The van der Waals surface area contributed by atoms with Crippen LogP contribution < -0.4 is 4.90 Å². The van der Waals surface area contributed by atoms with Gasteiger partial charge in [-0.2, -0.15) is 17.7 Å². The maximum absolute atomic E-state index is 13.0. The summed E-state index contributed by atoms with van der Waals surface area (Å²) >= 11 is 0. The van der Waals surface area contributed by atoms with Crippen molar-refractivity contribution in [3.05, 3.63) is 59.9 Å². The number of hydrogen-bond acceptors (Lipinski definition) is 5. The van der Waals surface area contributed by atoms with E-state index in [4.69, 9.17) is 0 Å². The molecule has 9 heteroatoms. The van der Waals surface area contributed by atoms with E-state index in [9.17, 15) is 13.2 Å². The van der Waals surface area contributed by atoms with Crippen molar-refractivity contribution in [3.63, 3.8) is 0 Å². The molecule has 1 aromatic carbocycles. The SMILES string of the molecule is FC(F)(F)c1nnc2ccc(N3CCN(C/C=C/c4ccccc4)CC3)nn12. The number of piperazine rings is 1. The molecule has 0 bridgehead atoms. The molecule has 3 aromatic rings. The lowest BCUT2D eigenvalue weighted by Crippen LogP contribution is -2.46. The molecule has 0 amide bonds. The van der Waals surface area contributed by atoms with E-state index < -0.39 is 12.0 Å². The molecular formula is C19H19F3N6. The largest absolute Gasteiger partial charge is 0.453 e. The molecule has 146 valence electrons. The quantitative estimate of drug-likeness (QED) is 0.688. The number of benzene rings is 1. The molecule has 2 aromatic heterocycles. The van der Waals surface area contributed by atoms with Crippen molar-refractivity contribution in [2.45, 2.75) is 6.18 Å². The zero-order chi connectivity index (χ0) is 19.6. The minimum atomic E-state index is -4.59. The van der Waals surface area contributed by atoms with Crippen molar-refractivity contribution >= 4 is 17.5 Å². The molecule has 1 aliphatic heterocycles. The van der Waals surface area contributed by atoms with Gasteiger partial charge in [-0.3, -0.25) is 4.90 Å². The summed E-state index contributed by atoms with van der Waals surface area (Å²) in [7, 11) is 0. The summed E-state index contributed by atoms with van der Waals surface area (Å²) < 4.78 is 39.9. The number of anilines is 1. The average Bonchev–Trinajstić information content (AvgIpc) is 3.13. The Kier molecular flexibility index (Phi) is 4.99. The lowest BCUT2D eigenvalue weighted by Gasteiger charge is -2.34. The topological polar surface area (TPSA) is 49.6 Å². The molecule has 0 N–H and O–H groups in total. The van der Waals surface area contributed by atoms with Crippen molar-refractivity contribution in [2.75, 3.05) is 37.6 Å². The Hall–Kier alpha value is -2.94. The van der Waals surface area contributed by atoms with E-state index in [1.807, 2.05) is 23.1 Å². The summed E-state index contributed by atoms with van der Waals surface area (Å²) in [6.07, 6.45) is -0.372. The molecule has 4 rings (SSSR count).